The van der Waals surface area contributed by atoms with Crippen LogP contribution in [0, 0.1) is 0 Å². The summed E-state index contributed by atoms with van der Waals surface area (Å²) in [6, 6.07) is 0. The molecule has 0 amide bonds. The average molecular weight is 222 g/mol. The fourth-order valence-corrected chi connectivity index (χ4v) is 1.35. The van der Waals surface area contributed by atoms with Gasteiger partial charge in [0.05, 0.1) is 0 Å². The molecule has 1 aliphatic rings. The molecule has 15 heavy (non-hydrogen) atoms. The molecule has 4 N–H and O–H groups in total. The molecule has 1 fully saturated rings. The van der Waals surface area contributed by atoms with Gasteiger partial charge in [0.25, 0.3) is 0 Å². The summed E-state index contributed by atoms with van der Waals surface area (Å²) < 4.78 is 9.69. The third kappa shape index (κ3) is 2.44. The van der Waals surface area contributed by atoms with Crippen LogP contribution in [0.4, 0.5) is 0 Å². The van der Waals surface area contributed by atoms with E-state index in [4.69, 9.17) is 14.6 Å². The van der Waals surface area contributed by atoms with Gasteiger partial charge in [-0.05, 0) is 6.92 Å². The minimum atomic E-state index is -1.67. The van der Waals surface area contributed by atoms with Crippen LogP contribution in [0.1, 0.15) is 6.92 Å². The number of carboxylic acids is 1. The van der Waals surface area contributed by atoms with E-state index in [2.05, 4.69) is 0 Å². The smallest absolute Gasteiger partial charge is 0.335 e. The summed E-state index contributed by atoms with van der Waals surface area (Å²) in [7, 11) is 0. The molecule has 1 heterocycles. The molecule has 0 aromatic rings. The first-order valence-corrected chi connectivity index (χ1v) is 4.53. The second-order valence-corrected chi connectivity index (χ2v) is 3.19. The van der Waals surface area contributed by atoms with Gasteiger partial charge in [0.15, 0.2) is 12.4 Å². The Bertz CT molecular complexity index is 231. The van der Waals surface area contributed by atoms with Gasteiger partial charge in [-0.15, -0.1) is 0 Å². The Morgan fingerprint density at radius 3 is 2.33 bits per heavy atom. The lowest BCUT2D eigenvalue weighted by Gasteiger charge is -2.38. The molecule has 1 aliphatic heterocycles. The molecule has 7 nitrogen and oxygen atoms in total. The molecule has 0 aromatic carbocycles. The zero-order chi connectivity index (χ0) is 11.6. The number of hydrogen-bond donors (Lipinski definition) is 4. The second-order valence-electron chi connectivity index (χ2n) is 3.19. The second kappa shape index (κ2) is 4.86. The summed E-state index contributed by atoms with van der Waals surface area (Å²) in [6.07, 6.45) is -7.57. The molecular weight excluding hydrogens is 208 g/mol. The van der Waals surface area contributed by atoms with Crippen LogP contribution in [-0.2, 0) is 14.3 Å². The van der Waals surface area contributed by atoms with Crippen molar-refractivity contribution in [3.63, 3.8) is 0 Å². The maximum absolute atomic E-state index is 10.6. The fraction of sp³-hybridized carbons (Fsp3) is 0.875. The molecule has 0 saturated carbocycles. The van der Waals surface area contributed by atoms with Crippen molar-refractivity contribution < 1.29 is 34.7 Å². The number of aliphatic hydroxyl groups is 3. The number of rotatable bonds is 3. The van der Waals surface area contributed by atoms with Crippen molar-refractivity contribution in [1.29, 1.82) is 0 Å². The Kier molecular flexibility index (Phi) is 4.00. The van der Waals surface area contributed by atoms with Crippen molar-refractivity contribution in [3.8, 4) is 0 Å². The minimum absolute atomic E-state index is 0.191. The van der Waals surface area contributed by atoms with E-state index in [1.807, 2.05) is 0 Å². The predicted octanol–water partition coefficient (Wildman–Crippen LogP) is -2.08. The predicted molar refractivity (Wildman–Crippen MR) is 45.9 cm³/mol. The van der Waals surface area contributed by atoms with E-state index in [0.717, 1.165) is 0 Å². The van der Waals surface area contributed by atoms with Gasteiger partial charge in [-0.3, -0.25) is 0 Å². The standard InChI is InChI=1S/C8H14O7/c1-2-14-8-5(11)3(9)4(10)6(15-8)7(12)13/h3-6,8-11H,2H2,1H3,(H,12,13)/t3-,4-,5+,6-,8-/m1/s1. The first kappa shape index (κ1) is 12.3. The van der Waals surface area contributed by atoms with Gasteiger partial charge >= 0.3 is 5.97 Å². The largest absolute Gasteiger partial charge is 0.479 e. The number of carbonyl (C=O) groups is 1. The first-order valence-electron chi connectivity index (χ1n) is 4.53. The molecule has 0 aliphatic carbocycles. The molecule has 7 heteroatoms. The van der Waals surface area contributed by atoms with Crippen LogP contribution >= 0.6 is 0 Å². The van der Waals surface area contributed by atoms with Crippen LogP contribution in [0.25, 0.3) is 0 Å². The molecule has 0 bridgehead atoms. The minimum Gasteiger partial charge on any atom is -0.479 e. The molecule has 0 unspecified atom stereocenters. The number of aliphatic hydroxyl groups excluding tert-OH is 3. The third-order valence-corrected chi connectivity index (χ3v) is 2.14. The van der Waals surface area contributed by atoms with E-state index in [1.54, 1.807) is 6.92 Å². The van der Waals surface area contributed by atoms with Crippen LogP contribution in [0.15, 0.2) is 0 Å². The Morgan fingerprint density at radius 1 is 1.27 bits per heavy atom. The highest BCUT2D eigenvalue weighted by Crippen LogP contribution is 2.22. The van der Waals surface area contributed by atoms with Crippen LogP contribution in [0.5, 0.6) is 0 Å². The highest BCUT2D eigenvalue weighted by atomic mass is 16.7. The number of hydrogen-bond acceptors (Lipinski definition) is 6. The van der Waals surface area contributed by atoms with Crippen LogP contribution in [0.2, 0.25) is 0 Å². The molecule has 0 spiro atoms. The van der Waals surface area contributed by atoms with Gasteiger partial charge < -0.3 is 29.9 Å². The normalized spacial score (nSPS) is 41.5. The van der Waals surface area contributed by atoms with E-state index in [0.29, 0.717) is 0 Å². The molecule has 0 radical (unpaired) electrons. The molecule has 1 saturated heterocycles. The summed E-state index contributed by atoms with van der Waals surface area (Å²) in [4.78, 5) is 10.6. The van der Waals surface area contributed by atoms with E-state index in [1.165, 1.54) is 0 Å². The van der Waals surface area contributed by atoms with Crippen molar-refractivity contribution in [2.24, 2.45) is 0 Å². The number of ether oxygens (including phenoxy) is 2. The highest BCUT2D eigenvalue weighted by molar-refractivity contribution is 5.73. The van der Waals surface area contributed by atoms with Crippen molar-refractivity contribution in [1.82, 2.24) is 0 Å². The highest BCUT2D eigenvalue weighted by Gasteiger charge is 2.47. The lowest BCUT2D eigenvalue weighted by molar-refractivity contribution is -0.292. The topological polar surface area (TPSA) is 116 Å². The van der Waals surface area contributed by atoms with Gasteiger partial charge in [-0.1, -0.05) is 0 Å². The van der Waals surface area contributed by atoms with Crippen molar-refractivity contribution in [2.45, 2.75) is 37.6 Å². The lowest BCUT2D eigenvalue weighted by atomic mass is 9.99. The van der Waals surface area contributed by atoms with Crippen molar-refractivity contribution in [3.05, 3.63) is 0 Å². The van der Waals surface area contributed by atoms with Crippen LogP contribution < -0.4 is 0 Å². The van der Waals surface area contributed by atoms with E-state index < -0.39 is 36.7 Å². The van der Waals surface area contributed by atoms with Gasteiger partial charge in [0.2, 0.25) is 0 Å². The van der Waals surface area contributed by atoms with E-state index in [9.17, 15) is 20.1 Å². The monoisotopic (exact) mass is 222 g/mol. The maximum atomic E-state index is 10.6. The SMILES string of the molecule is CCO[C@@H]1O[C@@H](C(=O)O)[C@H](O)[C@@H](O)[C@@H]1O. The Balaban J connectivity index is 2.75. The van der Waals surface area contributed by atoms with Gasteiger partial charge in [-0.2, -0.15) is 0 Å². The Labute approximate surface area is 85.9 Å². The fourth-order valence-electron chi connectivity index (χ4n) is 1.35. The summed E-state index contributed by atoms with van der Waals surface area (Å²) in [5, 5.41) is 36.7. The number of aliphatic carboxylic acids is 1. The van der Waals surface area contributed by atoms with Crippen LogP contribution in [0.3, 0.4) is 0 Å². The Morgan fingerprint density at radius 2 is 1.87 bits per heavy atom. The lowest BCUT2D eigenvalue weighted by Crippen LogP contribution is -2.60. The molecular formula is C8H14O7. The summed E-state index contributed by atoms with van der Waals surface area (Å²) in [5.74, 6) is -1.42. The van der Waals surface area contributed by atoms with Gasteiger partial charge in [0.1, 0.15) is 18.3 Å². The zero-order valence-electron chi connectivity index (χ0n) is 8.11. The number of carboxylic acid groups (broad SMARTS) is 1. The molecule has 1 rings (SSSR count). The molecule has 88 valence electrons. The quantitative estimate of drug-likeness (QED) is 0.432. The van der Waals surface area contributed by atoms with Crippen LogP contribution in [-0.4, -0.2) is 63.7 Å². The van der Waals surface area contributed by atoms with Gasteiger partial charge in [-0.25, -0.2) is 4.79 Å². The summed E-state index contributed by atoms with van der Waals surface area (Å²) in [6.45, 7) is 1.82. The third-order valence-electron chi connectivity index (χ3n) is 2.14. The van der Waals surface area contributed by atoms with Crippen molar-refractivity contribution >= 4 is 5.97 Å². The maximum Gasteiger partial charge on any atom is 0.335 e. The molecule has 0 aromatic heterocycles. The van der Waals surface area contributed by atoms with E-state index in [-0.39, 0.29) is 6.61 Å². The Hall–Kier alpha value is -0.730. The summed E-state index contributed by atoms with van der Waals surface area (Å²) >= 11 is 0. The van der Waals surface area contributed by atoms with Crippen molar-refractivity contribution in [2.75, 3.05) is 6.61 Å². The first-order chi connectivity index (χ1) is 6.99. The molecule has 5 atom stereocenters. The zero-order valence-corrected chi connectivity index (χ0v) is 8.11. The van der Waals surface area contributed by atoms with Gasteiger partial charge in [0, 0.05) is 6.61 Å². The average Bonchev–Trinajstić information content (AvgIpc) is 2.18. The summed E-state index contributed by atoms with van der Waals surface area (Å²) in [5.41, 5.74) is 0. The van der Waals surface area contributed by atoms with E-state index >= 15 is 0 Å².